The Hall–Kier alpha value is -1.40. The summed E-state index contributed by atoms with van der Waals surface area (Å²) in [4.78, 5) is 12.9. The molecule has 23 heavy (non-hydrogen) atoms. The SMILES string of the molecule is CS(=O)(=O)Cc1cccc(NC(=O)[C@@]23CCCC[C@H]2CNC3)c1. The quantitative estimate of drug-likeness (QED) is 0.881. The molecule has 2 fully saturated rings. The first-order valence-corrected chi connectivity index (χ1v) is 10.2. The molecule has 1 aliphatic heterocycles. The van der Waals surface area contributed by atoms with Gasteiger partial charge in [-0.25, -0.2) is 8.42 Å². The fraction of sp³-hybridized carbons (Fsp3) is 0.588. The van der Waals surface area contributed by atoms with Crippen LogP contribution in [0.25, 0.3) is 0 Å². The number of fused-ring (bicyclic) bond motifs is 1. The number of rotatable bonds is 4. The summed E-state index contributed by atoms with van der Waals surface area (Å²) in [5.41, 5.74) is 1.08. The van der Waals surface area contributed by atoms with E-state index < -0.39 is 9.84 Å². The number of benzene rings is 1. The molecular formula is C17H24N2O3S. The fourth-order valence-corrected chi connectivity index (χ4v) is 4.77. The maximum Gasteiger partial charge on any atom is 0.232 e. The van der Waals surface area contributed by atoms with Crippen molar-refractivity contribution in [3.8, 4) is 0 Å². The molecule has 2 atom stereocenters. The number of anilines is 1. The first kappa shape index (κ1) is 16.5. The molecule has 1 saturated heterocycles. The van der Waals surface area contributed by atoms with E-state index in [4.69, 9.17) is 0 Å². The van der Waals surface area contributed by atoms with E-state index in [1.54, 1.807) is 18.2 Å². The van der Waals surface area contributed by atoms with Crippen LogP contribution in [0.15, 0.2) is 24.3 Å². The zero-order valence-electron chi connectivity index (χ0n) is 13.5. The van der Waals surface area contributed by atoms with Crippen molar-refractivity contribution in [2.75, 3.05) is 24.7 Å². The molecule has 3 rings (SSSR count). The molecule has 0 unspecified atom stereocenters. The molecule has 1 amide bonds. The van der Waals surface area contributed by atoms with Gasteiger partial charge in [-0.15, -0.1) is 0 Å². The van der Waals surface area contributed by atoms with Crippen molar-refractivity contribution in [3.63, 3.8) is 0 Å². The summed E-state index contributed by atoms with van der Waals surface area (Å²) in [5.74, 6) is 0.477. The average Bonchev–Trinajstić information content (AvgIpc) is 2.91. The zero-order valence-corrected chi connectivity index (χ0v) is 14.3. The van der Waals surface area contributed by atoms with Crippen molar-refractivity contribution in [1.82, 2.24) is 5.32 Å². The normalized spacial score (nSPS) is 27.4. The Labute approximate surface area is 137 Å². The number of carbonyl (C=O) groups is 1. The second-order valence-corrected chi connectivity index (χ2v) is 9.09. The number of hydrogen-bond acceptors (Lipinski definition) is 4. The molecule has 0 aromatic heterocycles. The van der Waals surface area contributed by atoms with E-state index in [1.165, 1.54) is 12.7 Å². The molecule has 1 aromatic rings. The van der Waals surface area contributed by atoms with Gasteiger partial charge >= 0.3 is 0 Å². The zero-order chi connectivity index (χ0) is 16.5. The summed E-state index contributed by atoms with van der Waals surface area (Å²) in [6.45, 7) is 1.66. The number of sulfone groups is 1. The minimum Gasteiger partial charge on any atom is -0.326 e. The van der Waals surface area contributed by atoms with Gasteiger partial charge in [-0.2, -0.15) is 0 Å². The standard InChI is InChI=1S/C17H24N2O3S/c1-23(21,22)11-13-5-4-7-15(9-13)19-16(20)17-8-3-2-6-14(17)10-18-12-17/h4-5,7,9,14,18H,2-3,6,8,10-12H2,1H3,(H,19,20)/t14-,17+/m0/s1. The first-order chi connectivity index (χ1) is 10.9. The van der Waals surface area contributed by atoms with Gasteiger partial charge in [-0.3, -0.25) is 4.79 Å². The van der Waals surface area contributed by atoms with Crippen molar-refractivity contribution >= 4 is 21.4 Å². The Morgan fingerprint density at radius 1 is 1.39 bits per heavy atom. The van der Waals surface area contributed by atoms with Crippen LogP contribution in [-0.4, -0.2) is 33.7 Å². The molecule has 6 heteroatoms. The third-order valence-corrected chi connectivity index (χ3v) is 5.96. The van der Waals surface area contributed by atoms with Crippen LogP contribution < -0.4 is 10.6 Å². The Bertz CT molecular complexity index is 702. The van der Waals surface area contributed by atoms with Crippen LogP contribution >= 0.6 is 0 Å². The lowest BCUT2D eigenvalue weighted by molar-refractivity contribution is -0.128. The summed E-state index contributed by atoms with van der Waals surface area (Å²) in [6, 6.07) is 7.14. The summed E-state index contributed by atoms with van der Waals surface area (Å²) >= 11 is 0. The molecule has 2 aliphatic rings. The lowest BCUT2D eigenvalue weighted by Crippen LogP contribution is -2.44. The minimum absolute atomic E-state index is 0.00790. The van der Waals surface area contributed by atoms with E-state index in [1.807, 2.05) is 6.07 Å². The second-order valence-electron chi connectivity index (χ2n) is 6.95. The lowest BCUT2D eigenvalue weighted by atomic mass is 9.67. The molecule has 126 valence electrons. The van der Waals surface area contributed by atoms with Crippen molar-refractivity contribution in [3.05, 3.63) is 29.8 Å². The van der Waals surface area contributed by atoms with Gasteiger partial charge in [0.05, 0.1) is 11.2 Å². The highest BCUT2D eigenvalue weighted by Crippen LogP contribution is 2.44. The number of hydrogen-bond donors (Lipinski definition) is 2. The maximum atomic E-state index is 12.9. The van der Waals surface area contributed by atoms with Crippen LogP contribution in [0.1, 0.15) is 31.2 Å². The number of nitrogens with one attached hydrogen (secondary N) is 2. The van der Waals surface area contributed by atoms with Crippen molar-refractivity contribution in [1.29, 1.82) is 0 Å². The minimum atomic E-state index is -3.08. The molecule has 5 nitrogen and oxygen atoms in total. The summed E-state index contributed by atoms with van der Waals surface area (Å²) in [5, 5.41) is 6.40. The first-order valence-electron chi connectivity index (χ1n) is 8.18. The molecule has 0 bridgehead atoms. The van der Waals surface area contributed by atoms with Crippen LogP contribution in [0.5, 0.6) is 0 Å². The molecule has 0 spiro atoms. The third-order valence-electron chi connectivity index (χ3n) is 5.10. The number of carbonyl (C=O) groups excluding carboxylic acids is 1. The lowest BCUT2D eigenvalue weighted by Gasteiger charge is -2.37. The van der Waals surface area contributed by atoms with Crippen molar-refractivity contribution < 1.29 is 13.2 Å². The third kappa shape index (κ3) is 3.58. The van der Waals surface area contributed by atoms with Gasteiger partial charge in [0.2, 0.25) is 5.91 Å². The monoisotopic (exact) mass is 336 g/mol. The molecule has 1 aliphatic carbocycles. The van der Waals surface area contributed by atoms with E-state index >= 15 is 0 Å². The van der Waals surface area contributed by atoms with Crippen LogP contribution in [0, 0.1) is 11.3 Å². The van der Waals surface area contributed by atoms with Gasteiger partial charge in [0.25, 0.3) is 0 Å². The van der Waals surface area contributed by atoms with Gasteiger partial charge < -0.3 is 10.6 Å². The Morgan fingerprint density at radius 2 is 2.22 bits per heavy atom. The largest absolute Gasteiger partial charge is 0.326 e. The van der Waals surface area contributed by atoms with E-state index in [-0.39, 0.29) is 17.1 Å². The van der Waals surface area contributed by atoms with Crippen molar-refractivity contribution in [2.45, 2.75) is 31.4 Å². The molecule has 1 aromatic carbocycles. The van der Waals surface area contributed by atoms with E-state index in [0.29, 0.717) is 17.2 Å². The Kier molecular flexibility index (Phi) is 4.47. The van der Waals surface area contributed by atoms with Gasteiger partial charge in [-0.05, 0) is 43.0 Å². The molecule has 0 radical (unpaired) electrons. The highest BCUT2D eigenvalue weighted by atomic mass is 32.2. The van der Waals surface area contributed by atoms with Gasteiger partial charge in [0.1, 0.15) is 0 Å². The highest BCUT2D eigenvalue weighted by molar-refractivity contribution is 7.89. The van der Waals surface area contributed by atoms with Crippen LogP contribution in [0.3, 0.4) is 0 Å². The summed E-state index contributed by atoms with van der Waals surface area (Å²) in [6.07, 6.45) is 5.55. The predicted octanol–water partition coefficient (Wildman–Crippen LogP) is 1.95. The van der Waals surface area contributed by atoms with Crippen LogP contribution in [-0.2, 0) is 20.4 Å². The Balaban J connectivity index is 1.76. The second kappa shape index (κ2) is 6.24. The summed E-state index contributed by atoms with van der Waals surface area (Å²) in [7, 11) is -3.08. The topological polar surface area (TPSA) is 75.3 Å². The van der Waals surface area contributed by atoms with Crippen molar-refractivity contribution in [2.24, 2.45) is 11.3 Å². The van der Waals surface area contributed by atoms with Gasteiger partial charge in [0, 0.05) is 18.5 Å². The molecule has 1 heterocycles. The summed E-state index contributed by atoms with van der Waals surface area (Å²) < 4.78 is 22.9. The maximum absolute atomic E-state index is 12.9. The molecule has 1 saturated carbocycles. The molecule has 2 N–H and O–H groups in total. The fourth-order valence-electron chi connectivity index (χ4n) is 3.99. The molecular weight excluding hydrogens is 312 g/mol. The van der Waals surface area contributed by atoms with E-state index in [9.17, 15) is 13.2 Å². The van der Waals surface area contributed by atoms with E-state index in [2.05, 4.69) is 10.6 Å². The average molecular weight is 336 g/mol. The van der Waals surface area contributed by atoms with Crippen LogP contribution in [0.2, 0.25) is 0 Å². The van der Waals surface area contributed by atoms with Crippen LogP contribution in [0.4, 0.5) is 5.69 Å². The van der Waals surface area contributed by atoms with E-state index in [0.717, 1.165) is 32.4 Å². The highest BCUT2D eigenvalue weighted by Gasteiger charge is 2.49. The van der Waals surface area contributed by atoms with Gasteiger partial charge in [0.15, 0.2) is 9.84 Å². The smallest absolute Gasteiger partial charge is 0.232 e. The van der Waals surface area contributed by atoms with Gasteiger partial charge in [-0.1, -0.05) is 25.0 Å². The number of amides is 1. The predicted molar refractivity (Wildman–Crippen MR) is 90.9 cm³/mol. The Morgan fingerprint density at radius 3 is 3.00 bits per heavy atom.